The lowest BCUT2D eigenvalue weighted by molar-refractivity contribution is 0.895. The maximum atomic E-state index is 5.87. The van der Waals surface area contributed by atoms with Crippen LogP contribution in [0.3, 0.4) is 0 Å². The molecule has 2 aromatic heterocycles. The molecule has 72 valence electrons. The Hall–Kier alpha value is -1.00. The summed E-state index contributed by atoms with van der Waals surface area (Å²) in [6.45, 7) is 0. The van der Waals surface area contributed by atoms with E-state index >= 15 is 0 Å². The Balaban J connectivity index is 2.48. The third kappa shape index (κ3) is 1.91. The average Bonchev–Trinajstić information content (AvgIpc) is 2.69. The summed E-state index contributed by atoms with van der Waals surface area (Å²) >= 11 is 7.34. The van der Waals surface area contributed by atoms with Crippen molar-refractivity contribution in [2.45, 2.75) is 5.16 Å². The Bertz CT molecular complexity index is 428. The average molecular weight is 226 g/mol. The van der Waals surface area contributed by atoms with Crippen LogP contribution in [0, 0.1) is 0 Å². The second-order valence-corrected chi connectivity index (χ2v) is 3.79. The lowest BCUT2D eigenvalue weighted by atomic mass is 10.6. The predicted octanol–water partition coefficient (Wildman–Crippen LogP) is 2.64. The van der Waals surface area contributed by atoms with Gasteiger partial charge in [0.1, 0.15) is 11.0 Å². The van der Waals surface area contributed by atoms with Gasteiger partial charge in [-0.05, 0) is 18.4 Å². The minimum Gasteiger partial charge on any atom is -0.308 e. The van der Waals surface area contributed by atoms with Gasteiger partial charge in [0.15, 0.2) is 5.16 Å². The van der Waals surface area contributed by atoms with Crippen molar-refractivity contribution in [3.8, 4) is 5.82 Å². The lowest BCUT2D eigenvalue weighted by Gasteiger charge is -2.03. The van der Waals surface area contributed by atoms with Crippen LogP contribution < -0.4 is 0 Å². The molecule has 0 aliphatic heterocycles. The highest BCUT2D eigenvalue weighted by Crippen LogP contribution is 2.16. The van der Waals surface area contributed by atoms with E-state index in [1.165, 1.54) is 11.8 Å². The molecule has 0 spiro atoms. The first kappa shape index (κ1) is 9.55. The summed E-state index contributed by atoms with van der Waals surface area (Å²) in [6, 6.07) is 5.62. The second-order valence-electron chi connectivity index (χ2n) is 2.63. The first-order valence-electron chi connectivity index (χ1n) is 4.01. The topological polar surface area (TPSA) is 30.7 Å². The third-order valence-corrected chi connectivity index (χ3v) is 2.45. The Morgan fingerprint density at radius 1 is 1.29 bits per heavy atom. The van der Waals surface area contributed by atoms with Crippen LogP contribution in [-0.4, -0.2) is 20.8 Å². The number of hydrogen-bond acceptors (Lipinski definition) is 3. The van der Waals surface area contributed by atoms with Gasteiger partial charge in [-0.15, -0.1) is 0 Å². The van der Waals surface area contributed by atoms with Crippen molar-refractivity contribution < 1.29 is 0 Å². The third-order valence-electron chi connectivity index (χ3n) is 1.71. The molecular formula is C9H8ClN3S. The summed E-state index contributed by atoms with van der Waals surface area (Å²) in [6.07, 6.45) is 5.76. The molecule has 5 heteroatoms. The fraction of sp³-hybridized carbons (Fsp3) is 0.111. The SMILES string of the molecule is CSc1nc(Cl)cc(-n2cccc2)n1. The van der Waals surface area contributed by atoms with Gasteiger partial charge >= 0.3 is 0 Å². The Morgan fingerprint density at radius 3 is 2.64 bits per heavy atom. The van der Waals surface area contributed by atoms with E-state index in [0.717, 1.165) is 5.82 Å². The molecule has 0 aliphatic rings. The van der Waals surface area contributed by atoms with Crippen molar-refractivity contribution in [3.05, 3.63) is 35.7 Å². The highest BCUT2D eigenvalue weighted by Gasteiger charge is 2.02. The van der Waals surface area contributed by atoms with Crippen LogP contribution in [0.4, 0.5) is 0 Å². The summed E-state index contributed by atoms with van der Waals surface area (Å²) in [5.41, 5.74) is 0. The quantitative estimate of drug-likeness (QED) is 0.447. The van der Waals surface area contributed by atoms with Crippen molar-refractivity contribution >= 4 is 23.4 Å². The van der Waals surface area contributed by atoms with Gasteiger partial charge < -0.3 is 4.57 Å². The van der Waals surface area contributed by atoms with Crippen LogP contribution in [0.2, 0.25) is 5.15 Å². The molecule has 14 heavy (non-hydrogen) atoms. The fourth-order valence-corrected chi connectivity index (χ4v) is 1.70. The summed E-state index contributed by atoms with van der Waals surface area (Å²) < 4.78 is 1.90. The molecule has 0 bridgehead atoms. The molecule has 2 rings (SSSR count). The van der Waals surface area contributed by atoms with E-state index in [0.29, 0.717) is 10.3 Å². The van der Waals surface area contributed by atoms with Gasteiger partial charge in [0.2, 0.25) is 0 Å². The zero-order chi connectivity index (χ0) is 9.97. The van der Waals surface area contributed by atoms with Crippen LogP contribution >= 0.6 is 23.4 Å². The molecule has 0 atom stereocenters. The number of thioether (sulfide) groups is 1. The van der Waals surface area contributed by atoms with Gasteiger partial charge in [-0.3, -0.25) is 0 Å². The first-order valence-corrected chi connectivity index (χ1v) is 5.62. The zero-order valence-electron chi connectivity index (χ0n) is 7.51. The molecule has 2 heterocycles. The van der Waals surface area contributed by atoms with E-state index < -0.39 is 0 Å². The number of rotatable bonds is 2. The highest BCUT2D eigenvalue weighted by atomic mass is 35.5. The summed E-state index contributed by atoms with van der Waals surface area (Å²) in [4.78, 5) is 8.39. The number of halogens is 1. The van der Waals surface area contributed by atoms with Crippen molar-refractivity contribution in [3.63, 3.8) is 0 Å². The molecule has 3 nitrogen and oxygen atoms in total. The molecule has 0 fully saturated rings. The number of hydrogen-bond donors (Lipinski definition) is 0. The first-order chi connectivity index (χ1) is 6.79. The van der Waals surface area contributed by atoms with Crippen LogP contribution in [0.5, 0.6) is 0 Å². The Labute approximate surface area is 91.1 Å². The van der Waals surface area contributed by atoms with Crippen LogP contribution in [0.1, 0.15) is 0 Å². The maximum absolute atomic E-state index is 5.87. The molecule has 0 unspecified atom stereocenters. The molecule has 2 aromatic rings. The molecule has 0 radical (unpaired) electrons. The van der Waals surface area contributed by atoms with Gasteiger partial charge in [0.25, 0.3) is 0 Å². The fourth-order valence-electron chi connectivity index (χ4n) is 1.10. The van der Waals surface area contributed by atoms with Crippen LogP contribution in [-0.2, 0) is 0 Å². The zero-order valence-corrected chi connectivity index (χ0v) is 9.09. The largest absolute Gasteiger partial charge is 0.308 e. The van der Waals surface area contributed by atoms with Gasteiger partial charge in [0.05, 0.1) is 0 Å². The van der Waals surface area contributed by atoms with E-state index in [4.69, 9.17) is 11.6 Å². The number of aromatic nitrogens is 3. The van der Waals surface area contributed by atoms with E-state index in [1.54, 1.807) is 6.07 Å². The molecular weight excluding hydrogens is 218 g/mol. The van der Waals surface area contributed by atoms with Crippen molar-refractivity contribution in [1.82, 2.24) is 14.5 Å². The number of nitrogens with zero attached hydrogens (tertiary/aromatic N) is 3. The van der Waals surface area contributed by atoms with E-state index in [-0.39, 0.29) is 0 Å². The molecule has 0 amide bonds. The lowest BCUT2D eigenvalue weighted by Crippen LogP contribution is -1.97. The van der Waals surface area contributed by atoms with E-state index in [2.05, 4.69) is 9.97 Å². The van der Waals surface area contributed by atoms with Gasteiger partial charge in [-0.25, -0.2) is 9.97 Å². The van der Waals surface area contributed by atoms with Gasteiger partial charge in [-0.1, -0.05) is 23.4 Å². The van der Waals surface area contributed by atoms with E-state index in [1.807, 2.05) is 35.3 Å². The Morgan fingerprint density at radius 2 is 2.00 bits per heavy atom. The van der Waals surface area contributed by atoms with Crippen molar-refractivity contribution in [2.24, 2.45) is 0 Å². The van der Waals surface area contributed by atoms with Gasteiger partial charge in [0, 0.05) is 18.5 Å². The summed E-state index contributed by atoms with van der Waals surface area (Å²) in [7, 11) is 0. The van der Waals surface area contributed by atoms with Crippen LogP contribution in [0.15, 0.2) is 35.7 Å². The normalized spacial score (nSPS) is 10.4. The van der Waals surface area contributed by atoms with Gasteiger partial charge in [-0.2, -0.15) is 0 Å². The Kier molecular flexibility index (Phi) is 2.74. The van der Waals surface area contributed by atoms with E-state index in [9.17, 15) is 0 Å². The highest BCUT2D eigenvalue weighted by molar-refractivity contribution is 7.98. The summed E-state index contributed by atoms with van der Waals surface area (Å²) in [5, 5.41) is 1.15. The minimum atomic E-state index is 0.466. The molecule has 0 saturated heterocycles. The smallest absolute Gasteiger partial charge is 0.190 e. The van der Waals surface area contributed by atoms with Crippen molar-refractivity contribution in [1.29, 1.82) is 0 Å². The summed E-state index contributed by atoms with van der Waals surface area (Å²) in [5.74, 6) is 0.791. The second kappa shape index (κ2) is 4.02. The molecule has 0 saturated carbocycles. The minimum absolute atomic E-state index is 0.466. The molecule has 0 aromatic carbocycles. The molecule has 0 N–H and O–H groups in total. The van der Waals surface area contributed by atoms with Crippen LogP contribution in [0.25, 0.3) is 5.82 Å². The monoisotopic (exact) mass is 225 g/mol. The van der Waals surface area contributed by atoms with Crippen molar-refractivity contribution in [2.75, 3.05) is 6.26 Å². The predicted molar refractivity (Wildman–Crippen MR) is 58.2 cm³/mol. The maximum Gasteiger partial charge on any atom is 0.190 e. The standard InChI is InChI=1S/C9H8ClN3S/c1-14-9-11-7(10)6-8(12-9)13-4-2-3-5-13/h2-6H,1H3. The molecule has 0 aliphatic carbocycles.